The predicted molar refractivity (Wildman–Crippen MR) is 232 cm³/mol. The van der Waals surface area contributed by atoms with Crippen molar-refractivity contribution in [3.05, 3.63) is 163 Å². The topological polar surface area (TPSA) is 48.5 Å². The maximum absolute atomic E-state index is 5.25. The van der Waals surface area contributed by atoms with Gasteiger partial charge < -0.3 is 4.57 Å². The highest BCUT2D eigenvalue weighted by Crippen LogP contribution is 2.48. The molecule has 0 amide bonds. The Kier molecular flexibility index (Phi) is 7.00. The van der Waals surface area contributed by atoms with E-state index in [0.29, 0.717) is 17.6 Å². The van der Waals surface area contributed by atoms with Crippen LogP contribution in [0.25, 0.3) is 88.8 Å². The molecule has 0 atom stereocenters. The second-order valence-corrected chi connectivity index (χ2v) is 16.7. The van der Waals surface area contributed by atoms with E-state index < -0.39 is 0 Å². The molecular weight excluding hydrogens is 683 g/mol. The fourth-order valence-corrected chi connectivity index (χ4v) is 9.43. The molecule has 5 heteroatoms. The monoisotopic (exact) mass is 723 g/mol. The summed E-state index contributed by atoms with van der Waals surface area (Å²) in [7, 11) is 0. The highest BCUT2D eigenvalue weighted by molar-refractivity contribution is 6.33. The SMILES string of the molecule is CC1(C)CCC(C)(C)c2cc(-n3c4ccccc4c4c5c6c7ccccc7ccc6n(-c6nc(-c7ccccc7)nc(-c7ccccc7)n6)c5ccc43)ccc21. The van der Waals surface area contributed by atoms with Crippen LogP contribution in [0.1, 0.15) is 51.7 Å². The standard InChI is InChI=1S/C51H41N5/c1-50(2)29-30-51(3,4)39-31-35(24-25-38(39)50)55-40-22-14-13-21-37(40)45-41(55)27-28-43-46(45)44-36-20-12-11-15-32(36)23-26-42(44)56(43)49-53-47(33-16-7-5-8-17-33)52-48(54-49)34-18-9-6-10-19-34/h5-28,31H,29-30H2,1-4H3. The Bertz CT molecular complexity index is 3130. The van der Waals surface area contributed by atoms with Crippen LogP contribution in [0, 0.1) is 0 Å². The molecule has 1 aliphatic rings. The number of aromatic nitrogens is 5. The van der Waals surface area contributed by atoms with Crippen molar-refractivity contribution in [2.75, 3.05) is 0 Å². The Labute approximate surface area is 325 Å². The van der Waals surface area contributed by atoms with Crippen molar-refractivity contribution >= 4 is 54.4 Å². The summed E-state index contributed by atoms with van der Waals surface area (Å²) in [4.78, 5) is 15.5. The molecule has 0 aliphatic heterocycles. The second-order valence-electron chi connectivity index (χ2n) is 16.7. The van der Waals surface area contributed by atoms with E-state index in [9.17, 15) is 0 Å². The second kappa shape index (κ2) is 12.0. The number of rotatable bonds is 4. The fraction of sp³-hybridized carbons (Fsp3) is 0.157. The van der Waals surface area contributed by atoms with Crippen LogP contribution in [-0.2, 0) is 10.8 Å². The first-order valence-electron chi connectivity index (χ1n) is 19.7. The van der Waals surface area contributed by atoms with Gasteiger partial charge in [-0.15, -0.1) is 0 Å². The van der Waals surface area contributed by atoms with Crippen LogP contribution in [0.5, 0.6) is 0 Å². The largest absolute Gasteiger partial charge is 0.309 e. The van der Waals surface area contributed by atoms with Gasteiger partial charge >= 0.3 is 0 Å². The third-order valence-electron chi connectivity index (χ3n) is 12.4. The third kappa shape index (κ3) is 4.83. The molecule has 0 bridgehead atoms. The molecular formula is C51H41N5. The zero-order valence-electron chi connectivity index (χ0n) is 32.1. The van der Waals surface area contributed by atoms with Gasteiger partial charge in [-0.2, -0.15) is 9.97 Å². The Balaban J connectivity index is 1.27. The number of benzene rings is 7. The van der Waals surface area contributed by atoms with E-state index in [1.54, 1.807) is 0 Å². The molecule has 0 saturated carbocycles. The van der Waals surface area contributed by atoms with Gasteiger partial charge in [0.1, 0.15) is 0 Å². The summed E-state index contributed by atoms with van der Waals surface area (Å²) in [5.41, 5.74) is 10.8. The normalized spacial score (nSPS) is 14.9. The van der Waals surface area contributed by atoms with Crippen LogP contribution in [0.2, 0.25) is 0 Å². The first kappa shape index (κ1) is 32.8. The van der Waals surface area contributed by atoms with Crippen molar-refractivity contribution in [1.29, 1.82) is 0 Å². The molecule has 11 rings (SSSR count). The van der Waals surface area contributed by atoms with Crippen molar-refractivity contribution in [1.82, 2.24) is 24.1 Å². The van der Waals surface area contributed by atoms with Crippen LogP contribution in [0.15, 0.2) is 152 Å². The van der Waals surface area contributed by atoms with Gasteiger partial charge in [0.2, 0.25) is 5.95 Å². The number of hydrogen-bond donors (Lipinski definition) is 0. The van der Waals surface area contributed by atoms with E-state index in [4.69, 9.17) is 15.0 Å². The minimum absolute atomic E-state index is 0.0982. The highest BCUT2D eigenvalue weighted by atomic mass is 15.2. The molecule has 10 aromatic rings. The van der Waals surface area contributed by atoms with Gasteiger partial charge in [-0.3, -0.25) is 4.57 Å². The summed E-state index contributed by atoms with van der Waals surface area (Å²) in [6.45, 7) is 9.62. The quantitative estimate of drug-likeness (QED) is 0.182. The Morgan fingerprint density at radius 3 is 1.66 bits per heavy atom. The smallest absolute Gasteiger partial charge is 0.238 e. The van der Waals surface area contributed by atoms with E-state index in [2.05, 4.69) is 152 Å². The average Bonchev–Trinajstić information content (AvgIpc) is 3.76. The maximum Gasteiger partial charge on any atom is 0.238 e. The zero-order chi connectivity index (χ0) is 37.8. The minimum Gasteiger partial charge on any atom is -0.309 e. The lowest BCUT2D eigenvalue weighted by Gasteiger charge is -2.42. The summed E-state index contributed by atoms with van der Waals surface area (Å²) < 4.78 is 4.74. The van der Waals surface area contributed by atoms with Gasteiger partial charge in [-0.1, -0.05) is 143 Å². The fourth-order valence-electron chi connectivity index (χ4n) is 9.43. The van der Waals surface area contributed by atoms with Gasteiger partial charge in [0, 0.05) is 38.4 Å². The van der Waals surface area contributed by atoms with Crippen LogP contribution >= 0.6 is 0 Å². The van der Waals surface area contributed by atoms with Crippen LogP contribution in [0.3, 0.4) is 0 Å². The summed E-state index contributed by atoms with van der Waals surface area (Å²) in [6, 6.07) is 54.3. The lowest BCUT2D eigenvalue weighted by Crippen LogP contribution is -2.33. The first-order valence-corrected chi connectivity index (χ1v) is 19.7. The third-order valence-corrected chi connectivity index (χ3v) is 12.4. The zero-order valence-corrected chi connectivity index (χ0v) is 32.1. The Morgan fingerprint density at radius 1 is 0.429 bits per heavy atom. The molecule has 270 valence electrons. The van der Waals surface area contributed by atoms with E-state index >= 15 is 0 Å². The molecule has 0 saturated heterocycles. The van der Waals surface area contributed by atoms with Gasteiger partial charge in [0.15, 0.2) is 11.6 Å². The van der Waals surface area contributed by atoms with Crippen LogP contribution in [0.4, 0.5) is 0 Å². The molecule has 3 heterocycles. The molecule has 3 aromatic heterocycles. The lowest BCUT2D eigenvalue weighted by molar-refractivity contribution is 0.332. The van der Waals surface area contributed by atoms with Crippen molar-refractivity contribution < 1.29 is 0 Å². The lowest BCUT2D eigenvalue weighted by atomic mass is 9.63. The molecule has 0 fully saturated rings. The minimum atomic E-state index is 0.0982. The van der Waals surface area contributed by atoms with Gasteiger partial charge in [-0.25, -0.2) is 4.98 Å². The molecule has 0 unspecified atom stereocenters. The highest BCUT2D eigenvalue weighted by Gasteiger charge is 2.37. The van der Waals surface area contributed by atoms with Crippen molar-refractivity contribution in [2.45, 2.75) is 51.4 Å². The predicted octanol–water partition coefficient (Wildman–Crippen LogP) is 12.9. The summed E-state index contributed by atoms with van der Waals surface area (Å²) in [5, 5.41) is 7.26. The number of nitrogens with zero attached hydrogens (tertiary/aromatic N) is 5. The number of fused-ring (bicyclic) bond motifs is 10. The Hall–Kier alpha value is -6.59. The average molecular weight is 724 g/mol. The van der Waals surface area contributed by atoms with Gasteiger partial charge in [0.25, 0.3) is 0 Å². The molecule has 5 nitrogen and oxygen atoms in total. The first-order chi connectivity index (χ1) is 27.3. The van der Waals surface area contributed by atoms with Crippen molar-refractivity contribution in [3.8, 4) is 34.4 Å². The maximum atomic E-state index is 5.25. The van der Waals surface area contributed by atoms with E-state index in [1.807, 2.05) is 36.4 Å². The summed E-state index contributed by atoms with van der Waals surface area (Å²) in [6.07, 6.45) is 2.37. The molecule has 1 aliphatic carbocycles. The molecule has 7 aromatic carbocycles. The molecule has 0 spiro atoms. The van der Waals surface area contributed by atoms with E-state index in [1.165, 1.54) is 73.0 Å². The van der Waals surface area contributed by atoms with Crippen molar-refractivity contribution in [2.24, 2.45) is 0 Å². The van der Waals surface area contributed by atoms with Gasteiger partial charge in [0.05, 0.1) is 22.1 Å². The van der Waals surface area contributed by atoms with E-state index in [0.717, 1.165) is 22.2 Å². The number of hydrogen-bond acceptors (Lipinski definition) is 3. The molecule has 0 N–H and O–H groups in total. The van der Waals surface area contributed by atoms with Crippen LogP contribution in [-0.4, -0.2) is 24.1 Å². The van der Waals surface area contributed by atoms with Crippen molar-refractivity contribution in [3.63, 3.8) is 0 Å². The van der Waals surface area contributed by atoms with E-state index in [-0.39, 0.29) is 10.8 Å². The Morgan fingerprint density at radius 2 is 0.964 bits per heavy atom. The van der Waals surface area contributed by atoms with Crippen LogP contribution < -0.4 is 0 Å². The summed E-state index contributed by atoms with van der Waals surface area (Å²) in [5.74, 6) is 1.87. The molecule has 0 radical (unpaired) electrons. The number of para-hydroxylation sites is 1. The summed E-state index contributed by atoms with van der Waals surface area (Å²) >= 11 is 0. The van der Waals surface area contributed by atoms with Gasteiger partial charge in [-0.05, 0) is 82.0 Å². The molecule has 56 heavy (non-hydrogen) atoms.